The standard InChI is InChI=1S/C8H12O4S/c1-3(13)6(8(11)12)4-2-5(4)7(9)10/h3-6,13H,2H2,1H3,(H,9,10)(H,11,12). The van der Waals surface area contributed by atoms with Crippen LogP contribution in [0.15, 0.2) is 0 Å². The lowest BCUT2D eigenvalue weighted by molar-refractivity contribution is -0.143. The summed E-state index contributed by atoms with van der Waals surface area (Å²) in [6.07, 6.45) is 0.469. The van der Waals surface area contributed by atoms with E-state index in [1.54, 1.807) is 6.92 Å². The van der Waals surface area contributed by atoms with Crippen molar-refractivity contribution in [2.24, 2.45) is 17.8 Å². The molecule has 1 rings (SSSR count). The van der Waals surface area contributed by atoms with Crippen LogP contribution in [0.25, 0.3) is 0 Å². The Kier molecular flexibility index (Phi) is 2.85. The lowest BCUT2D eigenvalue weighted by Crippen LogP contribution is -2.25. The largest absolute Gasteiger partial charge is 0.481 e. The highest BCUT2D eigenvalue weighted by Gasteiger charge is 2.51. The molecular formula is C8H12O4S. The van der Waals surface area contributed by atoms with E-state index in [-0.39, 0.29) is 11.2 Å². The van der Waals surface area contributed by atoms with Crippen LogP contribution in [-0.4, -0.2) is 27.4 Å². The number of hydrogen-bond donors (Lipinski definition) is 3. The van der Waals surface area contributed by atoms with Gasteiger partial charge in [-0.2, -0.15) is 12.6 Å². The average molecular weight is 204 g/mol. The van der Waals surface area contributed by atoms with E-state index in [1.165, 1.54) is 0 Å². The predicted octanol–water partition coefficient (Wildman–Crippen LogP) is 0.726. The molecule has 0 spiro atoms. The number of thiol groups is 1. The quantitative estimate of drug-likeness (QED) is 0.590. The molecule has 1 aliphatic rings. The third kappa shape index (κ3) is 2.15. The van der Waals surface area contributed by atoms with Gasteiger partial charge in [0.15, 0.2) is 0 Å². The highest BCUT2D eigenvalue weighted by molar-refractivity contribution is 7.81. The van der Waals surface area contributed by atoms with Gasteiger partial charge in [-0.1, -0.05) is 6.92 Å². The Balaban J connectivity index is 2.60. The van der Waals surface area contributed by atoms with Crippen molar-refractivity contribution in [3.63, 3.8) is 0 Å². The normalized spacial score (nSPS) is 30.6. The van der Waals surface area contributed by atoms with Crippen molar-refractivity contribution < 1.29 is 19.8 Å². The molecule has 0 aromatic heterocycles. The van der Waals surface area contributed by atoms with Gasteiger partial charge in [0.05, 0.1) is 11.8 Å². The number of rotatable bonds is 4. The van der Waals surface area contributed by atoms with E-state index in [2.05, 4.69) is 12.6 Å². The van der Waals surface area contributed by atoms with Crippen molar-refractivity contribution in [1.82, 2.24) is 0 Å². The lowest BCUT2D eigenvalue weighted by Gasteiger charge is -2.14. The van der Waals surface area contributed by atoms with Gasteiger partial charge >= 0.3 is 11.9 Å². The zero-order valence-electron chi connectivity index (χ0n) is 7.17. The van der Waals surface area contributed by atoms with Crippen molar-refractivity contribution in [3.05, 3.63) is 0 Å². The molecule has 0 aromatic rings. The summed E-state index contributed by atoms with van der Waals surface area (Å²) in [5.74, 6) is -3.19. The Bertz CT molecular complexity index is 238. The van der Waals surface area contributed by atoms with E-state index >= 15 is 0 Å². The van der Waals surface area contributed by atoms with Gasteiger partial charge in [-0.3, -0.25) is 9.59 Å². The first-order valence-electron chi connectivity index (χ1n) is 4.08. The lowest BCUT2D eigenvalue weighted by atomic mass is 9.99. The Morgan fingerprint density at radius 2 is 2.00 bits per heavy atom. The van der Waals surface area contributed by atoms with Gasteiger partial charge in [0, 0.05) is 5.25 Å². The molecule has 4 nitrogen and oxygen atoms in total. The smallest absolute Gasteiger partial charge is 0.307 e. The molecule has 0 heterocycles. The SMILES string of the molecule is CC(S)C(C(=O)O)C1CC1C(=O)O. The number of aliphatic carboxylic acids is 2. The van der Waals surface area contributed by atoms with Crippen LogP contribution < -0.4 is 0 Å². The fourth-order valence-corrected chi connectivity index (χ4v) is 1.99. The van der Waals surface area contributed by atoms with E-state index in [4.69, 9.17) is 10.2 Å². The molecule has 0 aliphatic heterocycles. The Hall–Kier alpha value is -0.710. The van der Waals surface area contributed by atoms with Gasteiger partial charge in [0.1, 0.15) is 0 Å². The Morgan fingerprint density at radius 1 is 1.46 bits per heavy atom. The highest BCUT2D eigenvalue weighted by Crippen LogP contribution is 2.46. The van der Waals surface area contributed by atoms with Crippen LogP contribution in [0.5, 0.6) is 0 Å². The molecule has 0 amide bonds. The van der Waals surface area contributed by atoms with Crippen LogP contribution in [0.2, 0.25) is 0 Å². The minimum Gasteiger partial charge on any atom is -0.481 e. The van der Waals surface area contributed by atoms with E-state index in [0.29, 0.717) is 6.42 Å². The van der Waals surface area contributed by atoms with Gasteiger partial charge in [-0.25, -0.2) is 0 Å². The molecule has 5 heteroatoms. The van der Waals surface area contributed by atoms with Crippen LogP contribution in [-0.2, 0) is 9.59 Å². The molecular weight excluding hydrogens is 192 g/mol. The average Bonchev–Trinajstić information content (AvgIpc) is 2.65. The van der Waals surface area contributed by atoms with Gasteiger partial charge in [0.2, 0.25) is 0 Å². The van der Waals surface area contributed by atoms with Crippen LogP contribution in [0.3, 0.4) is 0 Å². The van der Waals surface area contributed by atoms with Gasteiger partial charge in [-0.15, -0.1) is 0 Å². The van der Waals surface area contributed by atoms with E-state index in [1.807, 2.05) is 0 Å². The van der Waals surface area contributed by atoms with Crippen LogP contribution in [0, 0.1) is 17.8 Å². The number of hydrogen-bond acceptors (Lipinski definition) is 3. The van der Waals surface area contributed by atoms with E-state index < -0.39 is 23.8 Å². The first kappa shape index (κ1) is 10.4. The van der Waals surface area contributed by atoms with Crippen molar-refractivity contribution in [1.29, 1.82) is 0 Å². The number of carboxylic acid groups (broad SMARTS) is 2. The second-order valence-electron chi connectivity index (χ2n) is 3.45. The molecule has 13 heavy (non-hydrogen) atoms. The molecule has 1 saturated carbocycles. The molecule has 0 aromatic carbocycles. The number of carbonyl (C=O) groups is 2. The fourth-order valence-electron chi connectivity index (χ4n) is 1.64. The third-order valence-electron chi connectivity index (χ3n) is 2.42. The third-order valence-corrected chi connectivity index (χ3v) is 2.74. The molecule has 74 valence electrons. The molecule has 4 unspecified atom stereocenters. The predicted molar refractivity (Wildman–Crippen MR) is 48.8 cm³/mol. The number of carboxylic acids is 2. The molecule has 1 fully saturated rings. The van der Waals surface area contributed by atoms with Crippen molar-refractivity contribution in [2.75, 3.05) is 0 Å². The summed E-state index contributed by atoms with van der Waals surface area (Å²) in [7, 11) is 0. The topological polar surface area (TPSA) is 74.6 Å². The highest BCUT2D eigenvalue weighted by atomic mass is 32.1. The molecule has 0 radical (unpaired) electrons. The zero-order valence-corrected chi connectivity index (χ0v) is 8.07. The summed E-state index contributed by atoms with van der Waals surface area (Å²) >= 11 is 4.05. The summed E-state index contributed by atoms with van der Waals surface area (Å²) in [6.45, 7) is 1.68. The van der Waals surface area contributed by atoms with E-state index in [9.17, 15) is 9.59 Å². The molecule has 1 aliphatic carbocycles. The van der Waals surface area contributed by atoms with Crippen molar-refractivity contribution in [3.8, 4) is 0 Å². The minimum absolute atomic E-state index is 0.234. The summed E-state index contributed by atoms with van der Waals surface area (Å²) in [6, 6.07) is 0. The minimum atomic E-state index is -0.948. The van der Waals surface area contributed by atoms with Gasteiger partial charge in [0.25, 0.3) is 0 Å². The molecule has 0 saturated heterocycles. The summed E-state index contributed by atoms with van der Waals surface area (Å²) < 4.78 is 0. The van der Waals surface area contributed by atoms with Crippen LogP contribution in [0.4, 0.5) is 0 Å². The second kappa shape index (κ2) is 3.57. The second-order valence-corrected chi connectivity index (χ2v) is 4.26. The zero-order chi connectivity index (χ0) is 10.2. The van der Waals surface area contributed by atoms with E-state index in [0.717, 1.165) is 0 Å². The summed E-state index contributed by atoms with van der Waals surface area (Å²) in [5, 5.41) is 17.1. The molecule has 4 atom stereocenters. The van der Waals surface area contributed by atoms with Gasteiger partial charge < -0.3 is 10.2 Å². The molecule has 0 bridgehead atoms. The van der Waals surface area contributed by atoms with Crippen LogP contribution in [0.1, 0.15) is 13.3 Å². The molecule has 2 N–H and O–H groups in total. The first-order chi connectivity index (χ1) is 5.95. The maximum Gasteiger partial charge on any atom is 0.307 e. The summed E-state index contributed by atoms with van der Waals surface area (Å²) in [5.41, 5.74) is 0. The fraction of sp³-hybridized carbons (Fsp3) is 0.750. The van der Waals surface area contributed by atoms with Gasteiger partial charge in [-0.05, 0) is 12.3 Å². The maximum atomic E-state index is 10.7. The van der Waals surface area contributed by atoms with Crippen LogP contribution >= 0.6 is 12.6 Å². The van der Waals surface area contributed by atoms with Crippen molar-refractivity contribution >= 4 is 24.6 Å². The summed E-state index contributed by atoms with van der Waals surface area (Å²) in [4.78, 5) is 21.3. The Morgan fingerprint density at radius 3 is 2.23 bits per heavy atom. The first-order valence-corrected chi connectivity index (χ1v) is 4.60. The Labute approximate surface area is 81.4 Å². The maximum absolute atomic E-state index is 10.7. The van der Waals surface area contributed by atoms with Crippen molar-refractivity contribution in [2.45, 2.75) is 18.6 Å². The monoisotopic (exact) mass is 204 g/mol.